The van der Waals surface area contributed by atoms with Crippen LogP contribution in [-0.2, 0) is 17.9 Å². The second kappa shape index (κ2) is 7.41. The van der Waals surface area contributed by atoms with Crippen LogP contribution in [0.4, 0.5) is 0 Å². The predicted octanol–water partition coefficient (Wildman–Crippen LogP) is 4.26. The van der Waals surface area contributed by atoms with Crippen LogP contribution < -0.4 is 5.32 Å². The van der Waals surface area contributed by atoms with Crippen LogP contribution in [-0.4, -0.2) is 13.2 Å². The molecule has 0 bridgehead atoms. The molecule has 2 unspecified atom stereocenters. The van der Waals surface area contributed by atoms with E-state index < -0.39 is 0 Å². The van der Waals surface area contributed by atoms with Gasteiger partial charge in [0.2, 0.25) is 0 Å². The summed E-state index contributed by atoms with van der Waals surface area (Å²) in [6, 6.07) is 2.30. The summed E-state index contributed by atoms with van der Waals surface area (Å²) >= 11 is 1.89. The molecule has 2 nitrogen and oxygen atoms in total. The van der Waals surface area contributed by atoms with Gasteiger partial charge in [-0.05, 0) is 44.4 Å². The summed E-state index contributed by atoms with van der Waals surface area (Å²) in [6.07, 6.45) is 7.07. The van der Waals surface area contributed by atoms with Crippen LogP contribution >= 0.6 is 11.3 Å². The lowest BCUT2D eigenvalue weighted by atomic mass is 9.85. The highest BCUT2D eigenvalue weighted by Crippen LogP contribution is 2.30. The van der Waals surface area contributed by atoms with Crippen molar-refractivity contribution in [3.8, 4) is 0 Å². The van der Waals surface area contributed by atoms with Gasteiger partial charge >= 0.3 is 0 Å². The lowest BCUT2D eigenvalue weighted by Gasteiger charge is -2.28. The molecule has 1 aliphatic carbocycles. The summed E-state index contributed by atoms with van der Waals surface area (Å²) in [4.78, 5) is 2.82. The molecule has 1 N–H and O–H groups in total. The molecule has 19 heavy (non-hydrogen) atoms. The molecule has 2 atom stereocenters. The number of hydrogen-bond donors (Lipinski definition) is 1. The molecule has 0 aliphatic heterocycles. The van der Waals surface area contributed by atoms with Crippen LogP contribution in [0, 0.1) is 12.8 Å². The van der Waals surface area contributed by atoms with Crippen molar-refractivity contribution in [1.29, 1.82) is 0 Å². The average Bonchev–Trinajstić information content (AvgIpc) is 2.77. The maximum Gasteiger partial charge on any atom is 0.0731 e. The quantitative estimate of drug-likeness (QED) is 0.841. The second-order valence-electron chi connectivity index (χ2n) is 5.70. The van der Waals surface area contributed by atoms with Crippen LogP contribution in [0.5, 0.6) is 0 Å². The third kappa shape index (κ3) is 4.30. The van der Waals surface area contributed by atoms with Crippen LogP contribution in [0.2, 0.25) is 0 Å². The van der Waals surface area contributed by atoms with E-state index in [9.17, 15) is 0 Å². The Morgan fingerprint density at radius 1 is 1.42 bits per heavy atom. The van der Waals surface area contributed by atoms with E-state index >= 15 is 0 Å². The predicted molar refractivity (Wildman–Crippen MR) is 82.6 cm³/mol. The SMILES string of the molecule is CCC1CCCC(OCc2cc(CNC)sc2C)C1. The van der Waals surface area contributed by atoms with Gasteiger partial charge in [-0.25, -0.2) is 0 Å². The van der Waals surface area contributed by atoms with Gasteiger partial charge in [0.15, 0.2) is 0 Å². The minimum absolute atomic E-state index is 0.491. The van der Waals surface area contributed by atoms with E-state index in [1.807, 2.05) is 18.4 Å². The van der Waals surface area contributed by atoms with Crippen LogP contribution in [0.15, 0.2) is 6.07 Å². The van der Waals surface area contributed by atoms with Crippen molar-refractivity contribution >= 4 is 11.3 Å². The molecule has 1 heterocycles. The fraction of sp³-hybridized carbons (Fsp3) is 0.750. The summed E-state index contributed by atoms with van der Waals surface area (Å²) in [5, 5.41) is 3.21. The summed E-state index contributed by atoms with van der Waals surface area (Å²) in [7, 11) is 2.00. The second-order valence-corrected chi connectivity index (χ2v) is 7.04. The average molecular weight is 281 g/mol. The lowest BCUT2D eigenvalue weighted by molar-refractivity contribution is 0.00172. The maximum absolute atomic E-state index is 6.16. The van der Waals surface area contributed by atoms with E-state index in [4.69, 9.17) is 4.74 Å². The highest BCUT2D eigenvalue weighted by molar-refractivity contribution is 7.12. The van der Waals surface area contributed by atoms with Crippen molar-refractivity contribution in [2.45, 2.75) is 65.2 Å². The van der Waals surface area contributed by atoms with Gasteiger partial charge < -0.3 is 10.1 Å². The number of thiophene rings is 1. The van der Waals surface area contributed by atoms with Gasteiger partial charge in [-0.1, -0.05) is 26.2 Å². The Balaban J connectivity index is 1.84. The van der Waals surface area contributed by atoms with Crippen LogP contribution in [0.1, 0.15) is 54.3 Å². The maximum atomic E-state index is 6.16. The lowest BCUT2D eigenvalue weighted by Crippen LogP contribution is -2.22. The van der Waals surface area contributed by atoms with Crippen molar-refractivity contribution in [2.75, 3.05) is 7.05 Å². The first-order valence-corrected chi connectivity index (χ1v) is 8.39. The topological polar surface area (TPSA) is 21.3 Å². The minimum atomic E-state index is 0.491. The van der Waals surface area contributed by atoms with Crippen molar-refractivity contribution < 1.29 is 4.74 Å². The van der Waals surface area contributed by atoms with E-state index in [2.05, 4.69) is 25.2 Å². The molecular weight excluding hydrogens is 254 g/mol. The Labute approximate surface area is 121 Å². The van der Waals surface area contributed by atoms with E-state index in [1.54, 1.807) is 0 Å². The Morgan fingerprint density at radius 2 is 2.26 bits per heavy atom. The van der Waals surface area contributed by atoms with Crippen LogP contribution in [0.3, 0.4) is 0 Å². The highest BCUT2D eigenvalue weighted by Gasteiger charge is 2.21. The molecule has 108 valence electrons. The molecule has 1 fully saturated rings. The zero-order chi connectivity index (χ0) is 13.7. The first kappa shape index (κ1) is 15.0. The fourth-order valence-corrected chi connectivity index (χ4v) is 4.02. The normalized spacial score (nSPS) is 23.7. The fourth-order valence-electron chi connectivity index (χ4n) is 2.96. The van der Waals surface area contributed by atoms with Gasteiger partial charge in [-0.15, -0.1) is 11.3 Å². The van der Waals surface area contributed by atoms with E-state index in [1.165, 1.54) is 47.4 Å². The van der Waals surface area contributed by atoms with Gasteiger partial charge in [0.1, 0.15) is 0 Å². The largest absolute Gasteiger partial charge is 0.373 e. The summed E-state index contributed by atoms with van der Waals surface area (Å²) in [6.45, 7) is 6.28. The van der Waals surface area contributed by atoms with E-state index in [0.29, 0.717) is 6.10 Å². The molecule has 0 amide bonds. The van der Waals surface area contributed by atoms with Crippen molar-refractivity contribution in [2.24, 2.45) is 5.92 Å². The Hall–Kier alpha value is -0.380. The molecule has 0 spiro atoms. The first-order chi connectivity index (χ1) is 9.22. The van der Waals surface area contributed by atoms with Crippen molar-refractivity contribution in [3.05, 3.63) is 21.4 Å². The molecule has 0 aromatic carbocycles. The molecule has 1 saturated carbocycles. The number of nitrogens with one attached hydrogen (secondary N) is 1. The number of aryl methyl sites for hydroxylation is 1. The zero-order valence-corrected chi connectivity index (χ0v) is 13.3. The monoisotopic (exact) mass is 281 g/mol. The molecular formula is C16H27NOS. The summed E-state index contributed by atoms with van der Waals surface area (Å²) < 4.78 is 6.16. The Kier molecular flexibility index (Phi) is 5.86. The van der Waals surface area contributed by atoms with E-state index in [0.717, 1.165) is 19.1 Å². The number of ether oxygens (including phenoxy) is 1. The standard InChI is InChI=1S/C16H27NOS/c1-4-13-6-5-7-15(8-13)18-11-14-9-16(10-17-3)19-12(14)2/h9,13,15,17H,4-8,10-11H2,1-3H3. The Bertz CT molecular complexity index is 388. The molecule has 0 radical (unpaired) electrons. The number of rotatable bonds is 6. The molecule has 1 aliphatic rings. The molecule has 0 saturated heterocycles. The van der Waals surface area contributed by atoms with Gasteiger partial charge in [0, 0.05) is 16.3 Å². The highest BCUT2D eigenvalue weighted by atomic mass is 32.1. The minimum Gasteiger partial charge on any atom is -0.373 e. The smallest absolute Gasteiger partial charge is 0.0731 e. The summed E-state index contributed by atoms with van der Waals surface area (Å²) in [5.74, 6) is 0.891. The molecule has 1 aromatic rings. The molecule has 3 heteroatoms. The van der Waals surface area contributed by atoms with Gasteiger partial charge in [0.05, 0.1) is 12.7 Å². The third-order valence-corrected chi connectivity index (χ3v) is 5.30. The third-order valence-electron chi connectivity index (χ3n) is 4.21. The Morgan fingerprint density at radius 3 is 3.00 bits per heavy atom. The molecule has 1 aromatic heterocycles. The van der Waals surface area contributed by atoms with Crippen molar-refractivity contribution in [3.63, 3.8) is 0 Å². The van der Waals surface area contributed by atoms with Crippen molar-refractivity contribution in [1.82, 2.24) is 5.32 Å². The zero-order valence-electron chi connectivity index (χ0n) is 12.5. The van der Waals surface area contributed by atoms with Gasteiger partial charge in [0.25, 0.3) is 0 Å². The van der Waals surface area contributed by atoms with Gasteiger partial charge in [-0.3, -0.25) is 0 Å². The van der Waals surface area contributed by atoms with E-state index in [-0.39, 0.29) is 0 Å². The first-order valence-electron chi connectivity index (χ1n) is 7.57. The number of hydrogen-bond acceptors (Lipinski definition) is 3. The van der Waals surface area contributed by atoms with Crippen LogP contribution in [0.25, 0.3) is 0 Å². The molecule has 2 rings (SSSR count). The summed E-state index contributed by atoms with van der Waals surface area (Å²) in [5.41, 5.74) is 1.38. The van der Waals surface area contributed by atoms with Gasteiger partial charge in [-0.2, -0.15) is 0 Å².